The van der Waals surface area contributed by atoms with Gasteiger partial charge in [0.15, 0.2) is 31.3 Å². The molecule has 0 atom stereocenters. The van der Waals surface area contributed by atoms with Gasteiger partial charge in [-0.15, -0.1) is 0 Å². The van der Waals surface area contributed by atoms with E-state index < -0.39 is 30.2 Å². The van der Waals surface area contributed by atoms with Crippen LogP contribution in [0.3, 0.4) is 0 Å². The Labute approximate surface area is 518 Å². The molecule has 20 nitrogen and oxygen atoms in total. The van der Waals surface area contributed by atoms with Crippen LogP contribution in [0.5, 0.6) is 11.5 Å². The average molecular weight is 1260 g/mol. The normalized spacial score (nSPS) is 17.3. The van der Waals surface area contributed by atoms with E-state index in [4.69, 9.17) is 32.7 Å². The lowest BCUT2D eigenvalue weighted by atomic mass is 10.00. The van der Waals surface area contributed by atoms with Crippen LogP contribution in [0.1, 0.15) is 74.1 Å². The summed E-state index contributed by atoms with van der Waals surface area (Å²) < 4.78 is 63.2. The number of para-hydroxylation sites is 2. The van der Waals surface area contributed by atoms with Crippen LogP contribution >= 0.6 is 23.2 Å². The lowest BCUT2D eigenvalue weighted by Crippen LogP contribution is -2.57. The second kappa shape index (κ2) is 28.3. The number of aromatic nitrogens is 4. The van der Waals surface area contributed by atoms with Crippen molar-refractivity contribution in [1.29, 1.82) is 0 Å². The zero-order valence-corrected chi connectivity index (χ0v) is 54.1. The van der Waals surface area contributed by atoms with Crippen LogP contribution in [-0.2, 0) is 19.7 Å². The molecule has 0 saturated carbocycles. The van der Waals surface area contributed by atoms with Gasteiger partial charge in [0.2, 0.25) is 11.9 Å². The Bertz CT molecular complexity index is 3490. The van der Waals surface area contributed by atoms with Gasteiger partial charge in [0.05, 0.1) is 69.7 Å². The van der Waals surface area contributed by atoms with Gasteiger partial charge >= 0.3 is 0 Å². The van der Waals surface area contributed by atoms with Crippen LogP contribution in [0, 0.1) is 0 Å². The summed E-state index contributed by atoms with van der Waals surface area (Å²) in [5.74, 6) is 2.52. The third-order valence-corrected chi connectivity index (χ3v) is 21.6. The van der Waals surface area contributed by atoms with Crippen molar-refractivity contribution in [3.63, 3.8) is 0 Å². The Morgan fingerprint density at radius 2 is 0.930 bits per heavy atom. The number of piperazine rings is 2. The fraction of sp³-hybridized carbons (Fsp3) is 0.484. The van der Waals surface area contributed by atoms with Gasteiger partial charge in [0, 0.05) is 120 Å². The molecule has 10 rings (SSSR count). The number of anilines is 10. The standard InChI is InChI=1S/C33H46ClN7O3S.C29H38ClN7O3S/c1-23(2)45(42,43)30-10-8-7-9-28(30)36-31-26(34)22-35-32(38-31)37-27-12-11-25(21-29(27)44-6)39-15-13-24(14-16-39)40-17-19-41(20-18-40)33(3,4)5;1-20(2)41(38,39)27-7-5-4-6-25(27)33-28-23(30)19-32-29(35-28)34-24-9-8-22(18-26(24)40-3)36-14-10-21(11-15-36)37-16-12-31-13-17-37/h7-12,21-24H,13-20H2,1-6H3,(H2,35,36,37,38);4-9,18-21,31H,10-17H2,1-3H3,(H2,32,33,34,35). The molecule has 4 aliphatic heterocycles. The molecule has 4 saturated heterocycles. The molecule has 4 fully saturated rings. The predicted molar refractivity (Wildman–Crippen MR) is 349 cm³/mol. The maximum absolute atomic E-state index is 12.9. The molecule has 24 heteroatoms. The van der Waals surface area contributed by atoms with Crippen molar-refractivity contribution in [3.8, 4) is 11.5 Å². The number of halogens is 2. The summed E-state index contributed by atoms with van der Waals surface area (Å²) in [6.07, 6.45) is 7.55. The summed E-state index contributed by atoms with van der Waals surface area (Å²) in [5, 5.41) is 15.5. The predicted octanol–water partition coefficient (Wildman–Crippen LogP) is 10.9. The topological polar surface area (TPSA) is 215 Å². The number of hydrogen-bond donors (Lipinski definition) is 5. The number of ether oxygens (including phenoxy) is 2. The van der Waals surface area contributed by atoms with E-state index in [-0.39, 0.29) is 25.4 Å². The lowest BCUT2D eigenvalue weighted by molar-refractivity contribution is 0.0364. The van der Waals surface area contributed by atoms with E-state index in [1.807, 2.05) is 24.3 Å². The first-order valence-corrected chi connectivity index (χ1v) is 33.6. The fourth-order valence-electron chi connectivity index (χ4n) is 11.4. The first-order chi connectivity index (χ1) is 41.1. The first kappa shape index (κ1) is 64.2. The monoisotopic (exact) mass is 1250 g/mol. The summed E-state index contributed by atoms with van der Waals surface area (Å²) in [7, 11) is -3.76. The van der Waals surface area contributed by atoms with E-state index in [9.17, 15) is 16.8 Å². The highest BCUT2D eigenvalue weighted by molar-refractivity contribution is 7.92. The Hall–Kier alpha value is -6.24. The number of nitrogens with one attached hydrogen (secondary N) is 5. The number of hydrogen-bond acceptors (Lipinski definition) is 20. The van der Waals surface area contributed by atoms with Gasteiger partial charge in [-0.1, -0.05) is 47.5 Å². The molecule has 6 aromatic rings. The Morgan fingerprint density at radius 3 is 1.31 bits per heavy atom. The molecule has 4 aromatic carbocycles. The van der Waals surface area contributed by atoms with Gasteiger partial charge in [-0.05, 0) is 123 Å². The molecule has 86 heavy (non-hydrogen) atoms. The Balaban J connectivity index is 0.000000206. The number of piperidine rings is 2. The minimum atomic E-state index is -3.53. The van der Waals surface area contributed by atoms with Crippen LogP contribution < -0.4 is 45.9 Å². The van der Waals surface area contributed by atoms with E-state index in [0.717, 1.165) is 116 Å². The van der Waals surface area contributed by atoms with Gasteiger partial charge in [0.1, 0.15) is 21.5 Å². The Kier molecular flexibility index (Phi) is 21.1. The largest absolute Gasteiger partial charge is 0.494 e. The molecule has 5 N–H and O–H groups in total. The van der Waals surface area contributed by atoms with E-state index in [1.54, 1.807) is 90.4 Å². The average Bonchev–Trinajstić information content (AvgIpc) is 3.64. The first-order valence-electron chi connectivity index (χ1n) is 29.7. The molecular formula is C62H84Cl2N14O6S2. The van der Waals surface area contributed by atoms with Gasteiger partial charge in [0.25, 0.3) is 0 Å². The summed E-state index contributed by atoms with van der Waals surface area (Å²) >= 11 is 12.8. The highest BCUT2D eigenvalue weighted by atomic mass is 35.5. The third-order valence-electron chi connectivity index (χ3n) is 16.6. The van der Waals surface area contributed by atoms with Crippen molar-refractivity contribution in [1.82, 2.24) is 40.0 Å². The zero-order valence-electron chi connectivity index (χ0n) is 50.9. The molecular weight excluding hydrogens is 1170 g/mol. The second-order valence-corrected chi connectivity index (χ2v) is 29.4. The quantitative estimate of drug-likeness (QED) is 0.0541. The number of methoxy groups -OCH3 is 2. The lowest BCUT2D eigenvalue weighted by Gasteiger charge is -2.46. The van der Waals surface area contributed by atoms with E-state index in [2.05, 4.69) is 104 Å². The summed E-state index contributed by atoms with van der Waals surface area (Å²) in [6, 6.07) is 26.9. The highest BCUT2D eigenvalue weighted by Gasteiger charge is 2.32. The van der Waals surface area contributed by atoms with Crippen molar-refractivity contribution >= 4 is 101 Å². The van der Waals surface area contributed by atoms with E-state index in [1.165, 1.54) is 12.4 Å². The van der Waals surface area contributed by atoms with Gasteiger partial charge in [-0.25, -0.2) is 26.8 Å². The van der Waals surface area contributed by atoms with Gasteiger partial charge in [-0.2, -0.15) is 9.97 Å². The minimum absolute atomic E-state index is 0.188. The molecule has 4 aliphatic rings. The molecule has 6 heterocycles. The Morgan fingerprint density at radius 1 is 0.535 bits per heavy atom. The minimum Gasteiger partial charge on any atom is -0.494 e. The molecule has 0 unspecified atom stereocenters. The molecule has 464 valence electrons. The van der Waals surface area contributed by atoms with Crippen molar-refractivity contribution in [2.75, 3.05) is 124 Å². The fourth-order valence-corrected chi connectivity index (χ4v) is 14.1. The van der Waals surface area contributed by atoms with Crippen LogP contribution in [-0.4, -0.2) is 172 Å². The molecule has 0 radical (unpaired) electrons. The third kappa shape index (κ3) is 15.5. The number of nitrogens with zero attached hydrogens (tertiary/aromatic N) is 9. The molecule has 0 aliphatic carbocycles. The maximum Gasteiger partial charge on any atom is 0.229 e. The van der Waals surface area contributed by atoms with Crippen molar-refractivity contribution < 1.29 is 26.3 Å². The van der Waals surface area contributed by atoms with Gasteiger partial charge < -0.3 is 45.9 Å². The van der Waals surface area contributed by atoms with Crippen LogP contribution in [0.2, 0.25) is 10.0 Å². The SMILES string of the molecule is COc1cc(N2CCC(N3CCN(C(C)(C)C)CC3)CC2)ccc1Nc1ncc(Cl)c(Nc2ccccc2S(=O)(=O)C(C)C)n1.COc1cc(N2CCC(N3CCNCC3)CC2)ccc1Nc1ncc(Cl)c(Nc2ccccc2S(=O)(=O)C(C)C)n1. The van der Waals surface area contributed by atoms with Crippen molar-refractivity contribution in [2.24, 2.45) is 0 Å². The van der Waals surface area contributed by atoms with Crippen LogP contribution in [0.4, 0.5) is 57.7 Å². The number of rotatable bonds is 18. The van der Waals surface area contributed by atoms with Crippen molar-refractivity contribution in [2.45, 2.75) is 112 Å². The number of sulfone groups is 2. The number of benzene rings is 4. The zero-order chi connectivity index (χ0) is 61.3. The van der Waals surface area contributed by atoms with Gasteiger partial charge in [-0.3, -0.25) is 14.7 Å². The summed E-state index contributed by atoms with van der Waals surface area (Å²) in [5.41, 5.74) is 4.70. The smallest absolute Gasteiger partial charge is 0.229 e. The van der Waals surface area contributed by atoms with Crippen LogP contribution in [0.15, 0.2) is 107 Å². The summed E-state index contributed by atoms with van der Waals surface area (Å²) in [4.78, 5) is 30.9. The van der Waals surface area contributed by atoms with Crippen molar-refractivity contribution in [3.05, 3.63) is 107 Å². The molecule has 0 spiro atoms. The maximum atomic E-state index is 12.9. The van der Waals surface area contributed by atoms with Crippen LogP contribution in [0.25, 0.3) is 0 Å². The molecule has 0 amide bonds. The summed E-state index contributed by atoms with van der Waals surface area (Å²) in [6.45, 7) is 26.5. The van der Waals surface area contributed by atoms with E-state index >= 15 is 0 Å². The van der Waals surface area contributed by atoms with E-state index in [0.29, 0.717) is 69.9 Å². The molecule has 2 aromatic heterocycles. The second-order valence-electron chi connectivity index (χ2n) is 23.6. The molecule has 0 bridgehead atoms. The highest BCUT2D eigenvalue weighted by Crippen LogP contribution is 2.38.